The average molecular weight is 450 g/mol. The molecule has 4 rings (SSSR count). The average Bonchev–Trinajstić information content (AvgIpc) is 2.76. The third kappa shape index (κ3) is 5.08. The van der Waals surface area contributed by atoms with Crippen molar-refractivity contribution < 1.29 is 9.18 Å². The Bertz CT molecular complexity index is 877. The number of likely N-dealkylation sites (tertiary alicyclic amines) is 1. The molecule has 0 atom stereocenters. The first kappa shape index (κ1) is 21.4. The van der Waals surface area contributed by atoms with E-state index in [0.717, 1.165) is 69.9 Å². The number of halogens is 3. The van der Waals surface area contributed by atoms with Gasteiger partial charge in [-0.15, -0.1) is 0 Å². The molecule has 0 aliphatic carbocycles. The molecule has 0 saturated carbocycles. The molecule has 2 aliphatic heterocycles. The van der Waals surface area contributed by atoms with Crippen molar-refractivity contribution in [2.24, 2.45) is 5.92 Å². The molecular weight excluding hydrogens is 424 g/mol. The van der Waals surface area contributed by atoms with Gasteiger partial charge in [0.05, 0.1) is 0 Å². The van der Waals surface area contributed by atoms with Crippen LogP contribution < -0.4 is 4.90 Å². The second-order valence-electron chi connectivity index (χ2n) is 8.07. The fourth-order valence-electron chi connectivity index (χ4n) is 4.32. The molecule has 2 fully saturated rings. The number of hydrogen-bond acceptors (Lipinski definition) is 3. The zero-order valence-corrected chi connectivity index (χ0v) is 18.4. The van der Waals surface area contributed by atoms with Gasteiger partial charge in [0.25, 0.3) is 0 Å². The van der Waals surface area contributed by atoms with Gasteiger partial charge >= 0.3 is 0 Å². The highest BCUT2D eigenvalue weighted by molar-refractivity contribution is 6.35. The van der Waals surface area contributed by atoms with E-state index in [1.165, 1.54) is 12.1 Å². The van der Waals surface area contributed by atoms with Crippen molar-refractivity contribution in [3.8, 4) is 0 Å². The molecule has 0 unspecified atom stereocenters. The summed E-state index contributed by atoms with van der Waals surface area (Å²) < 4.78 is 13.1. The lowest BCUT2D eigenvalue weighted by molar-refractivity contribution is -0.137. The third-order valence-electron chi connectivity index (χ3n) is 6.13. The van der Waals surface area contributed by atoms with Gasteiger partial charge in [-0.3, -0.25) is 9.69 Å². The van der Waals surface area contributed by atoms with Crippen LogP contribution in [0.3, 0.4) is 0 Å². The van der Waals surface area contributed by atoms with E-state index in [9.17, 15) is 9.18 Å². The first-order valence-corrected chi connectivity index (χ1v) is 11.2. The second kappa shape index (κ2) is 9.54. The molecule has 0 spiro atoms. The first-order valence-electron chi connectivity index (χ1n) is 10.5. The van der Waals surface area contributed by atoms with Crippen molar-refractivity contribution >= 4 is 34.8 Å². The summed E-state index contributed by atoms with van der Waals surface area (Å²) in [7, 11) is 0. The van der Waals surface area contributed by atoms with E-state index in [2.05, 4.69) is 9.80 Å². The van der Waals surface area contributed by atoms with Gasteiger partial charge in [0.2, 0.25) is 5.91 Å². The van der Waals surface area contributed by atoms with Crippen LogP contribution in [0.25, 0.3) is 0 Å². The summed E-state index contributed by atoms with van der Waals surface area (Å²) in [5, 5.41) is 1.34. The molecule has 0 radical (unpaired) electrons. The number of anilines is 1. The predicted octanol–water partition coefficient (Wildman–Crippen LogP) is 4.69. The molecule has 0 N–H and O–H groups in total. The van der Waals surface area contributed by atoms with Crippen LogP contribution >= 0.6 is 23.2 Å². The van der Waals surface area contributed by atoms with Gasteiger partial charge in [0, 0.05) is 54.4 Å². The summed E-state index contributed by atoms with van der Waals surface area (Å²) in [5.74, 6) is 0.148. The van der Waals surface area contributed by atoms with Gasteiger partial charge in [-0.2, -0.15) is 0 Å². The van der Waals surface area contributed by atoms with Crippen molar-refractivity contribution in [3.63, 3.8) is 0 Å². The summed E-state index contributed by atoms with van der Waals surface area (Å²) in [5.41, 5.74) is 2.08. The standard InChI is InChI=1S/C23H26Cl2FN3O/c24-19-2-1-18(22(25)15-19)16-27-9-7-17(8-10-27)23(30)29-13-11-28(12-14-29)21-5-3-20(26)4-6-21/h1-6,15,17H,7-14,16H2. The van der Waals surface area contributed by atoms with Crippen molar-refractivity contribution in [3.05, 3.63) is 63.9 Å². The van der Waals surface area contributed by atoms with Crippen LogP contribution in [0.2, 0.25) is 10.0 Å². The Morgan fingerprint density at radius 3 is 2.23 bits per heavy atom. The lowest BCUT2D eigenvalue weighted by atomic mass is 9.94. The van der Waals surface area contributed by atoms with Crippen LogP contribution in [-0.4, -0.2) is 55.0 Å². The SMILES string of the molecule is O=C(C1CCN(Cc2ccc(Cl)cc2Cl)CC1)N1CCN(c2ccc(F)cc2)CC1. The van der Waals surface area contributed by atoms with Gasteiger partial charge in [0.15, 0.2) is 0 Å². The van der Waals surface area contributed by atoms with Crippen LogP contribution in [0.15, 0.2) is 42.5 Å². The largest absolute Gasteiger partial charge is 0.368 e. The van der Waals surface area contributed by atoms with E-state index in [-0.39, 0.29) is 17.6 Å². The summed E-state index contributed by atoms with van der Waals surface area (Å²) in [6.07, 6.45) is 1.75. The molecule has 2 aromatic rings. The summed E-state index contributed by atoms with van der Waals surface area (Å²) in [4.78, 5) is 19.6. The minimum absolute atomic E-state index is 0.0966. The Balaban J connectivity index is 1.25. The number of carbonyl (C=O) groups is 1. The first-order chi connectivity index (χ1) is 14.5. The second-order valence-corrected chi connectivity index (χ2v) is 8.92. The van der Waals surface area contributed by atoms with E-state index in [1.807, 2.05) is 17.0 Å². The molecule has 30 heavy (non-hydrogen) atoms. The Morgan fingerprint density at radius 2 is 1.60 bits per heavy atom. The molecule has 0 bridgehead atoms. The molecule has 160 valence electrons. The van der Waals surface area contributed by atoms with Crippen LogP contribution in [0.1, 0.15) is 18.4 Å². The lowest BCUT2D eigenvalue weighted by Crippen LogP contribution is -2.51. The molecular formula is C23H26Cl2FN3O. The van der Waals surface area contributed by atoms with Gasteiger partial charge in [0.1, 0.15) is 5.82 Å². The normalized spacial score (nSPS) is 18.6. The Morgan fingerprint density at radius 1 is 0.933 bits per heavy atom. The van der Waals surface area contributed by atoms with E-state index >= 15 is 0 Å². The molecule has 2 aliphatic rings. The van der Waals surface area contributed by atoms with Crippen molar-refractivity contribution in [2.75, 3.05) is 44.2 Å². The smallest absolute Gasteiger partial charge is 0.225 e. The van der Waals surface area contributed by atoms with E-state index in [4.69, 9.17) is 23.2 Å². The zero-order chi connectivity index (χ0) is 21.1. The maximum Gasteiger partial charge on any atom is 0.225 e. The monoisotopic (exact) mass is 449 g/mol. The summed E-state index contributed by atoms with van der Waals surface area (Å²) >= 11 is 12.3. The van der Waals surface area contributed by atoms with Crippen molar-refractivity contribution in [1.29, 1.82) is 0 Å². The molecule has 2 saturated heterocycles. The van der Waals surface area contributed by atoms with Gasteiger partial charge < -0.3 is 9.80 Å². The number of nitrogens with zero attached hydrogens (tertiary/aromatic N) is 3. The molecule has 2 heterocycles. The number of piperidine rings is 1. The maximum atomic E-state index is 13.1. The Hall–Kier alpha value is -1.82. The molecule has 0 aromatic heterocycles. The number of carbonyl (C=O) groups excluding carboxylic acids is 1. The number of rotatable bonds is 4. The lowest BCUT2D eigenvalue weighted by Gasteiger charge is -2.39. The highest BCUT2D eigenvalue weighted by Gasteiger charge is 2.30. The maximum absolute atomic E-state index is 13.1. The molecule has 4 nitrogen and oxygen atoms in total. The third-order valence-corrected chi connectivity index (χ3v) is 6.72. The number of hydrogen-bond donors (Lipinski definition) is 0. The highest BCUT2D eigenvalue weighted by atomic mass is 35.5. The minimum atomic E-state index is -0.225. The van der Waals surface area contributed by atoms with Crippen LogP contribution in [0, 0.1) is 11.7 Å². The van der Waals surface area contributed by atoms with Crippen LogP contribution in [0.4, 0.5) is 10.1 Å². The number of piperazine rings is 1. The minimum Gasteiger partial charge on any atom is -0.368 e. The topological polar surface area (TPSA) is 26.8 Å². The summed E-state index contributed by atoms with van der Waals surface area (Å²) in [6, 6.07) is 12.2. The highest BCUT2D eigenvalue weighted by Crippen LogP contribution is 2.26. The summed E-state index contributed by atoms with van der Waals surface area (Å²) in [6.45, 7) is 5.58. The number of benzene rings is 2. The fourth-order valence-corrected chi connectivity index (χ4v) is 4.79. The van der Waals surface area contributed by atoms with Crippen molar-refractivity contribution in [1.82, 2.24) is 9.80 Å². The number of amides is 1. The van der Waals surface area contributed by atoms with Gasteiger partial charge in [-0.05, 0) is 67.9 Å². The van der Waals surface area contributed by atoms with E-state index in [1.54, 1.807) is 18.2 Å². The Kier molecular flexibility index (Phi) is 6.81. The fraction of sp³-hybridized carbons (Fsp3) is 0.435. The van der Waals surface area contributed by atoms with E-state index in [0.29, 0.717) is 10.0 Å². The van der Waals surface area contributed by atoms with Crippen LogP contribution in [0.5, 0.6) is 0 Å². The van der Waals surface area contributed by atoms with Crippen molar-refractivity contribution in [2.45, 2.75) is 19.4 Å². The van der Waals surface area contributed by atoms with E-state index < -0.39 is 0 Å². The zero-order valence-electron chi connectivity index (χ0n) is 16.9. The quantitative estimate of drug-likeness (QED) is 0.676. The molecule has 1 amide bonds. The predicted molar refractivity (Wildman–Crippen MR) is 120 cm³/mol. The van der Waals surface area contributed by atoms with Gasteiger partial charge in [-0.1, -0.05) is 29.3 Å². The molecule has 7 heteroatoms. The van der Waals surface area contributed by atoms with Crippen LogP contribution in [-0.2, 0) is 11.3 Å². The van der Waals surface area contributed by atoms with Gasteiger partial charge in [-0.25, -0.2) is 4.39 Å². The Labute approximate surface area is 187 Å². The molecule has 2 aromatic carbocycles.